The van der Waals surface area contributed by atoms with E-state index in [1.54, 1.807) is 11.4 Å². The van der Waals surface area contributed by atoms with Crippen LogP contribution in [0.4, 0.5) is 0 Å². The lowest BCUT2D eigenvalue weighted by Gasteiger charge is -1.76. The van der Waals surface area contributed by atoms with Crippen molar-refractivity contribution in [3.05, 3.63) is 17.1 Å². The fourth-order valence-electron chi connectivity index (χ4n) is 0.323. The Balaban J connectivity index is 2.93. The van der Waals surface area contributed by atoms with Crippen molar-refractivity contribution < 1.29 is 4.79 Å². The standard InChI is InChI=1S/C4H3NOS2/c6-4(7)3-1-2-8-5-3/h1-2H,(H,6,7). The molecule has 42 valence electrons. The largest absolute Gasteiger partial charge is 0.280 e. The number of rotatable bonds is 1. The molecule has 0 fully saturated rings. The third kappa shape index (κ3) is 1.08. The molecule has 0 aliphatic rings. The average Bonchev–Trinajstić information content (AvgIpc) is 2.12. The summed E-state index contributed by atoms with van der Waals surface area (Å²) in [5, 5.41) is 1.47. The zero-order valence-corrected chi connectivity index (χ0v) is 5.58. The molecule has 2 nitrogen and oxygen atoms in total. The molecule has 1 heterocycles. The van der Waals surface area contributed by atoms with Crippen molar-refractivity contribution in [1.29, 1.82) is 0 Å². The second-order valence-electron chi connectivity index (χ2n) is 1.19. The fourth-order valence-corrected chi connectivity index (χ4v) is 1.02. The van der Waals surface area contributed by atoms with Crippen molar-refractivity contribution in [1.82, 2.24) is 4.37 Å². The molecule has 0 atom stereocenters. The predicted molar refractivity (Wildman–Crippen MR) is 35.4 cm³/mol. The van der Waals surface area contributed by atoms with Crippen LogP contribution >= 0.6 is 24.2 Å². The molecular weight excluding hydrogens is 142 g/mol. The summed E-state index contributed by atoms with van der Waals surface area (Å²) in [6.45, 7) is 0. The summed E-state index contributed by atoms with van der Waals surface area (Å²) >= 11 is 4.81. The van der Waals surface area contributed by atoms with E-state index in [1.165, 1.54) is 11.5 Å². The van der Waals surface area contributed by atoms with Crippen molar-refractivity contribution in [2.24, 2.45) is 0 Å². The number of aromatic nitrogens is 1. The predicted octanol–water partition coefficient (Wildman–Crippen LogP) is 1.21. The lowest BCUT2D eigenvalue weighted by Crippen LogP contribution is -1.84. The first-order chi connectivity index (χ1) is 3.80. The summed E-state index contributed by atoms with van der Waals surface area (Å²) in [4.78, 5) is 10.3. The monoisotopic (exact) mass is 145 g/mol. The van der Waals surface area contributed by atoms with Crippen LogP contribution in [-0.2, 0) is 0 Å². The maximum atomic E-state index is 10.3. The Labute approximate surface area is 56.1 Å². The molecule has 0 aromatic carbocycles. The molecule has 0 aliphatic heterocycles. The van der Waals surface area contributed by atoms with Gasteiger partial charge in [0.05, 0.1) is 0 Å². The minimum Gasteiger partial charge on any atom is -0.280 e. The molecule has 0 N–H and O–H groups in total. The summed E-state index contributed by atoms with van der Waals surface area (Å²) in [6.07, 6.45) is 0. The molecule has 4 heteroatoms. The second-order valence-corrected chi connectivity index (χ2v) is 2.26. The molecular formula is C4H3NOS2. The smallest absolute Gasteiger partial charge is 0.235 e. The lowest BCUT2D eigenvalue weighted by atomic mass is 10.5. The highest BCUT2D eigenvalue weighted by molar-refractivity contribution is 7.97. The first-order valence-electron chi connectivity index (χ1n) is 1.94. The second kappa shape index (κ2) is 2.28. The van der Waals surface area contributed by atoms with Crippen molar-refractivity contribution in [2.75, 3.05) is 0 Å². The van der Waals surface area contributed by atoms with Crippen molar-refractivity contribution in [3.63, 3.8) is 0 Å². The number of carbonyl (C=O) groups excluding carboxylic acids is 1. The number of nitrogens with zero attached hydrogens (tertiary/aromatic N) is 1. The van der Waals surface area contributed by atoms with Crippen LogP contribution in [0, 0.1) is 0 Å². The Hall–Kier alpha value is -0.350. The van der Waals surface area contributed by atoms with Gasteiger partial charge >= 0.3 is 0 Å². The van der Waals surface area contributed by atoms with Gasteiger partial charge in [-0.1, -0.05) is 12.6 Å². The highest BCUT2D eigenvalue weighted by atomic mass is 32.1. The van der Waals surface area contributed by atoms with Crippen LogP contribution in [0.3, 0.4) is 0 Å². The Morgan fingerprint density at radius 1 is 1.88 bits per heavy atom. The van der Waals surface area contributed by atoms with E-state index in [0.717, 1.165) is 0 Å². The summed E-state index contributed by atoms with van der Waals surface area (Å²) < 4.78 is 3.73. The third-order valence-corrected chi connectivity index (χ3v) is 1.45. The Bertz CT molecular complexity index is 182. The molecule has 0 bridgehead atoms. The lowest BCUT2D eigenvalue weighted by molar-refractivity contribution is 0.108. The van der Waals surface area contributed by atoms with Crippen LogP contribution in [0.15, 0.2) is 11.4 Å². The highest BCUT2D eigenvalue weighted by Crippen LogP contribution is 2.01. The van der Waals surface area contributed by atoms with Crippen LogP contribution in [0.25, 0.3) is 0 Å². The first kappa shape index (κ1) is 5.78. The van der Waals surface area contributed by atoms with Crippen LogP contribution in [-0.4, -0.2) is 9.49 Å². The Morgan fingerprint density at radius 2 is 2.62 bits per heavy atom. The maximum Gasteiger partial charge on any atom is 0.235 e. The number of carbonyl (C=O) groups is 1. The van der Waals surface area contributed by atoms with Crippen molar-refractivity contribution in [2.45, 2.75) is 0 Å². The van der Waals surface area contributed by atoms with Crippen LogP contribution in [0.2, 0.25) is 0 Å². The topological polar surface area (TPSA) is 30.0 Å². The van der Waals surface area contributed by atoms with Gasteiger partial charge < -0.3 is 0 Å². The molecule has 0 radical (unpaired) electrons. The Morgan fingerprint density at radius 3 is 2.88 bits per heavy atom. The van der Waals surface area contributed by atoms with Gasteiger partial charge in [0.15, 0.2) is 0 Å². The number of hydrogen-bond acceptors (Lipinski definition) is 3. The zero-order valence-electron chi connectivity index (χ0n) is 3.87. The summed E-state index contributed by atoms with van der Waals surface area (Å²) in [7, 11) is 0. The van der Waals surface area contributed by atoms with Gasteiger partial charge in [0.25, 0.3) is 0 Å². The normalized spacial score (nSPS) is 9.12. The minimum atomic E-state index is -0.272. The van der Waals surface area contributed by atoms with Crippen LogP contribution in [0.5, 0.6) is 0 Å². The molecule has 1 aromatic heterocycles. The Kier molecular flexibility index (Phi) is 1.65. The molecule has 0 amide bonds. The van der Waals surface area contributed by atoms with E-state index >= 15 is 0 Å². The number of thiol groups is 1. The van der Waals surface area contributed by atoms with Crippen molar-refractivity contribution in [3.8, 4) is 0 Å². The zero-order chi connectivity index (χ0) is 5.98. The summed E-state index contributed by atoms with van der Waals surface area (Å²) in [5.41, 5.74) is 0.429. The average molecular weight is 145 g/mol. The van der Waals surface area contributed by atoms with E-state index in [0.29, 0.717) is 5.69 Å². The van der Waals surface area contributed by atoms with Gasteiger partial charge in [-0.15, -0.1) is 0 Å². The van der Waals surface area contributed by atoms with E-state index in [1.807, 2.05) is 0 Å². The molecule has 1 rings (SSSR count). The van der Waals surface area contributed by atoms with Crippen molar-refractivity contribution >= 4 is 29.3 Å². The number of hydrogen-bond donors (Lipinski definition) is 1. The molecule has 1 aromatic rings. The SMILES string of the molecule is O=C(S)c1ccsn1. The van der Waals surface area contributed by atoms with Gasteiger partial charge in [-0.3, -0.25) is 4.79 Å². The van der Waals surface area contributed by atoms with Crippen LogP contribution in [0.1, 0.15) is 10.5 Å². The highest BCUT2D eigenvalue weighted by Gasteiger charge is 1.98. The van der Waals surface area contributed by atoms with E-state index in [4.69, 9.17) is 0 Å². The van der Waals surface area contributed by atoms with Gasteiger partial charge in [-0.2, -0.15) is 4.37 Å². The first-order valence-corrected chi connectivity index (χ1v) is 3.23. The maximum absolute atomic E-state index is 10.3. The van der Waals surface area contributed by atoms with E-state index < -0.39 is 0 Å². The molecule has 0 aliphatic carbocycles. The van der Waals surface area contributed by atoms with E-state index in [-0.39, 0.29) is 5.12 Å². The third-order valence-electron chi connectivity index (χ3n) is 0.657. The fraction of sp³-hybridized carbons (Fsp3) is 0. The van der Waals surface area contributed by atoms with Gasteiger partial charge in [-0.25, -0.2) is 0 Å². The van der Waals surface area contributed by atoms with Gasteiger partial charge in [0.1, 0.15) is 5.69 Å². The summed E-state index contributed by atoms with van der Waals surface area (Å²) in [6, 6.07) is 1.64. The summed E-state index contributed by atoms with van der Waals surface area (Å²) in [5.74, 6) is 0. The molecule has 0 unspecified atom stereocenters. The van der Waals surface area contributed by atoms with Gasteiger partial charge in [0.2, 0.25) is 5.12 Å². The van der Waals surface area contributed by atoms with Gasteiger partial charge in [-0.05, 0) is 17.6 Å². The quantitative estimate of drug-likeness (QED) is 0.602. The molecule has 0 spiro atoms. The molecule has 0 saturated carbocycles. The van der Waals surface area contributed by atoms with Crippen LogP contribution < -0.4 is 0 Å². The minimum absolute atomic E-state index is 0.272. The van der Waals surface area contributed by atoms with Gasteiger partial charge in [0, 0.05) is 5.38 Å². The molecule has 0 saturated heterocycles. The van der Waals surface area contributed by atoms with E-state index in [2.05, 4.69) is 17.0 Å². The molecule has 8 heavy (non-hydrogen) atoms. The van der Waals surface area contributed by atoms with E-state index in [9.17, 15) is 4.79 Å².